The molecule has 0 radical (unpaired) electrons. The van der Waals surface area contributed by atoms with Gasteiger partial charge in [0.15, 0.2) is 0 Å². The van der Waals surface area contributed by atoms with Crippen LogP contribution in [-0.2, 0) is 4.79 Å². The molecule has 0 aromatic heterocycles. The quantitative estimate of drug-likeness (QED) is 0.849. The van der Waals surface area contributed by atoms with Crippen molar-refractivity contribution in [2.75, 3.05) is 45.8 Å². The first kappa shape index (κ1) is 17.0. The molecule has 1 aromatic carbocycles. The fourth-order valence-electron chi connectivity index (χ4n) is 3.47. The van der Waals surface area contributed by atoms with E-state index in [-0.39, 0.29) is 11.8 Å². The molecule has 2 fully saturated rings. The van der Waals surface area contributed by atoms with Crippen LogP contribution in [0.1, 0.15) is 35.2 Å². The first-order chi connectivity index (χ1) is 11.6. The molecule has 2 aliphatic heterocycles. The highest BCUT2D eigenvalue weighted by Gasteiger charge is 2.24. The van der Waals surface area contributed by atoms with Crippen molar-refractivity contribution < 1.29 is 9.59 Å². The monoisotopic (exact) mass is 329 g/mol. The maximum Gasteiger partial charge on any atom is 0.253 e. The summed E-state index contributed by atoms with van der Waals surface area (Å²) in [4.78, 5) is 31.0. The summed E-state index contributed by atoms with van der Waals surface area (Å²) < 4.78 is 0. The maximum absolute atomic E-state index is 12.6. The van der Waals surface area contributed by atoms with E-state index in [1.165, 1.54) is 0 Å². The summed E-state index contributed by atoms with van der Waals surface area (Å²) in [6.45, 7) is 7.45. The summed E-state index contributed by atoms with van der Waals surface area (Å²) in [5, 5.41) is 0. The third-order valence-corrected chi connectivity index (χ3v) is 4.99. The zero-order chi connectivity index (χ0) is 16.9. The number of carbonyl (C=O) groups excluding carboxylic acids is 2. The Hall–Kier alpha value is -1.88. The predicted octanol–water partition coefficient (Wildman–Crippen LogP) is 1.77. The number of aryl methyl sites for hydroxylation is 1. The Morgan fingerprint density at radius 1 is 0.833 bits per heavy atom. The Bertz CT molecular complexity index is 579. The molecule has 3 rings (SSSR count). The normalized spacial score (nSPS) is 19.4. The number of carbonyl (C=O) groups is 2. The zero-order valence-electron chi connectivity index (χ0n) is 14.5. The second-order valence-electron chi connectivity index (χ2n) is 6.88. The van der Waals surface area contributed by atoms with Crippen LogP contribution >= 0.6 is 0 Å². The molecule has 24 heavy (non-hydrogen) atoms. The van der Waals surface area contributed by atoms with Gasteiger partial charge in [-0.1, -0.05) is 17.7 Å². The van der Waals surface area contributed by atoms with Gasteiger partial charge in [-0.25, -0.2) is 0 Å². The summed E-state index contributed by atoms with van der Waals surface area (Å²) in [5.74, 6) is 0.341. The summed E-state index contributed by atoms with van der Waals surface area (Å²) in [6.07, 6.45) is 3.18. The molecule has 0 N–H and O–H groups in total. The van der Waals surface area contributed by atoms with Crippen molar-refractivity contribution in [3.8, 4) is 0 Å². The molecule has 0 spiro atoms. The van der Waals surface area contributed by atoms with Crippen molar-refractivity contribution in [3.63, 3.8) is 0 Å². The van der Waals surface area contributed by atoms with Crippen molar-refractivity contribution in [2.45, 2.75) is 26.2 Å². The molecule has 0 saturated carbocycles. The fourth-order valence-corrected chi connectivity index (χ4v) is 3.47. The van der Waals surface area contributed by atoms with Crippen LogP contribution in [0, 0.1) is 6.92 Å². The molecule has 130 valence electrons. The van der Waals surface area contributed by atoms with Gasteiger partial charge in [0.25, 0.3) is 5.91 Å². The van der Waals surface area contributed by atoms with Crippen molar-refractivity contribution in [1.29, 1.82) is 0 Å². The van der Waals surface area contributed by atoms with Gasteiger partial charge in [-0.05, 0) is 38.3 Å². The van der Waals surface area contributed by atoms with E-state index in [2.05, 4.69) is 4.90 Å². The standard InChI is InChI=1S/C19H27N3O2/c1-16-5-7-17(8-6-16)19(24)22-12-4-9-20(13-14-22)15-18(23)21-10-2-3-11-21/h5-8H,2-4,9-15H2,1H3. The molecule has 2 saturated heterocycles. The second kappa shape index (κ2) is 7.79. The van der Waals surface area contributed by atoms with Crippen LogP contribution in [0.25, 0.3) is 0 Å². The lowest BCUT2D eigenvalue weighted by Crippen LogP contribution is -2.41. The third kappa shape index (κ3) is 4.15. The van der Waals surface area contributed by atoms with E-state index in [1.807, 2.05) is 41.0 Å². The number of hydrogen-bond acceptors (Lipinski definition) is 3. The molecule has 0 atom stereocenters. The van der Waals surface area contributed by atoms with E-state index in [1.54, 1.807) is 0 Å². The Morgan fingerprint density at radius 3 is 2.21 bits per heavy atom. The van der Waals surface area contributed by atoms with Gasteiger partial charge < -0.3 is 9.80 Å². The van der Waals surface area contributed by atoms with Gasteiger partial charge in [-0.3, -0.25) is 14.5 Å². The number of likely N-dealkylation sites (tertiary alicyclic amines) is 1. The SMILES string of the molecule is Cc1ccc(C(=O)N2CCCN(CC(=O)N3CCCC3)CC2)cc1. The Morgan fingerprint density at radius 2 is 1.50 bits per heavy atom. The van der Waals surface area contributed by atoms with Crippen LogP contribution in [-0.4, -0.2) is 72.3 Å². The number of nitrogens with zero attached hydrogens (tertiary/aromatic N) is 3. The van der Waals surface area contributed by atoms with Crippen molar-refractivity contribution in [2.24, 2.45) is 0 Å². The highest BCUT2D eigenvalue weighted by molar-refractivity contribution is 5.94. The van der Waals surface area contributed by atoms with Crippen molar-refractivity contribution in [1.82, 2.24) is 14.7 Å². The van der Waals surface area contributed by atoms with Crippen molar-refractivity contribution in [3.05, 3.63) is 35.4 Å². The number of rotatable bonds is 3. The molecule has 2 amide bonds. The van der Waals surface area contributed by atoms with E-state index in [0.717, 1.165) is 63.1 Å². The van der Waals surface area contributed by atoms with E-state index in [4.69, 9.17) is 0 Å². The molecule has 0 bridgehead atoms. The van der Waals surface area contributed by atoms with E-state index >= 15 is 0 Å². The van der Waals surface area contributed by atoms with Crippen LogP contribution in [0.2, 0.25) is 0 Å². The Kier molecular flexibility index (Phi) is 5.51. The van der Waals surface area contributed by atoms with E-state index in [0.29, 0.717) is 13.1 Å². The van der Waals surface area contributed by atoms with Gasteiger partial charge in [0, 0.05) is 44.8 Å². The average molecular weight is 329 g/mol. The lowest BCUT2D eigenvalue weighted by Gasteiger charge is -2.24. The van der Waals surface area contributed by atoms with Gasteiger partial charge in [0.05, 0.1) is 6.54 Å². The third-order valence-electron chi connectivity index (χ3n) is 4.99. The molecular weight excluding hydrogens is 302 g/mol. The molecule has 5 nitrogen and oxygen atoms in total. The maximum atomic E-state index is 12.6. The zero-order valence-corrected chi connectivity index (χ0v) is 14.5. The van der Waals surface area contributed by atoms with Crippen LogP contribution in [0.5, 0.6) is 0 Å². The predicted molar refractivity (Wildman–Crippen MR) is 94.0 cm³/mol. The van der Waals surface area contributed by atoms with E-state index < -0.39 is 0 Å². The molecule has 2 heterocycles. The summed E-state index contributed by atoms with van der Waals surface area (Å²) in [6, 6.07) is 7.76. The molecule has 5 heteroatoms. The summed E-state index contributed by atoms with van der Waals surface area (Å²) >= 11 is 0. The number of amides is 2. The van der Waals surface area contributed by atoms with E-state index in [9.17, 15) is 9.59 Å². The number of hydrogen-bond donors (Lipinski definition) is 0. The lowest BCUT2D eigenvalue weighted by molar-refractivity contribution is -0.131. The topological polar surface area (TPSA) is 43.9 Å². The lowest BCUT2D eigenvalue weighted by atomic mass is 10.1. The first-order valence-electron chi connectivity index (χ1n) is 8.99. The van der Waals surface area contributed by atoms with Crippen LogP contribution in [0.15, 0.2) is 24.3 Å². The molecule has 2 aliphatic rings. The van der Waals surface area contributed by atoms with Gasteiger partial charge in [-0.2, -0.15) is 0 Å². The fraction of sp³-hybridized carbons (Fsp3) is 0.579. The summed E-state index contributed by atoms with van der Waals surface area (Å²) in [5.41, 5.74) is 1.91. The Balaban J connectivity index is 1.53. The second-order valence-corrected chi connectivity index (χ2v) is 6.88. The highest BCUT2D eigenvalue weighted by atomic mass is 16.2. The molecule has 0 aliphatic carbocycles. The van der Waals surface area contributed by atoms with Crippen molar-refractivity contribution >= 4 is 11.8 Å². The van der Waals surface area contributed by atoms with Gasteiger partial charge >= 0.3 is 0 Å². The largest absolute Gasteiger partial charge is 0.342 e. The number of benzene rings is 1. The average Bonchev–Trinajstić information content (AvgIpc) is 3.03. The van der Waals surface area contributed by atoms with Crippen LogP contribution in [0.4, 0.5) is 0 Å². The molecule has 0 unspecified atom stereocenters. The highest BCUT2D eigenvalue weighted by Crippen LogP contribution is 2.12. The first-order valence-corrected chi connectivity index (χ1v) is 8.99. The van der Waals surface area contributed by atoms with Gasteiger partial charge in [0.1, 0.15) is 0 Å². The van der Waals surface area contributed by atoms with Crippen LogP contribution < -0.4 is 0 Å². The molecule has 1 aromatic rings. The van der Waals surface area contributed by atoms with Gasteiger partial charge in [0.2, 0.25) is 5.91 Å². The molecular formula is C19H27N3O2. The van der Waals surface area contributed by atoms with Crippen LogP contribution in [0.3, 0.4) is 0 Å². The smallest absolute Gasteiger partial charge is 0.253 e. The summed E-state index contributed by atoms with van der Waals surface area (Å²) in [7, 11) is 0. The van der Waals surface area contributed by atoms with Gasteiger partial charge in [-0.15, -0.1) is 0 Å². The minimum absolute atomic E-state index is 0.0997. The minimum Gasteiger partial charge on any atom is -0.342 e. The Labute approximate surface area is 144 Å². The minimum atomic E-state index is 0.0997.